The molecule has 0 aromatic heterocycles. The second-order valence-corrected chi connectivity index (χ2v) is 4.02. The Bertz CT molecular complexity index is 394. The van der Waals surface area contributed by atoms with Crippen molar-refractivity contribution in [3.8, 4) is 5.75 Å². The first-order chi connectivity index (χ1) is 9.30. The molecule has 1 rings (SSSR count). The molecule has 1 aromatic carbocycles. The van der Waals surface area contributed by atoms with Gasteiger partial charge in [0.2, 0.25) is 0 Å². The Morgan fingerprint density at radius 3 is 2.68 bits per heavy atom. The molecule has 0 aliphatic carbocycles. The highest BCUT2D eigenvalue weighted by Crippen LogP contribution is 2.12. The molecule has 5 heteroatoms. The number of hydrogen-bond donors (Lipinski definition) is 2. The summed E-state index contributed by atoms with van der Waals surface area (Å²) in [6.45, 7) is 2.23. The molecule has 0 amide bonds. The van der Waals surface area contributed by atoms with Crippen LogP contribution in [0.4, 0.5) is 0 Å². The maximum atomic E-state index is 5.20. The summed E-state index contributed by atoms with van der Waals surface area (Å²) in [7, 11) is 5.12. The lowest BCUT2D eigenvalue weighted by atomic mass is 10.1. The smallest absolute Gasteiger partial charge is 0.191 e. The van der Waals surface area contributed by atoms with E-state index in [2.05, 4.69) is 21.7 Å². The summed E-state index contributed by atoms with van der Waals surface area (Å²) >= 11 is 0. The quantitative estimate of drug-likeness (QED) is 0.439. The van der Waals surface area contributed by atoms with Gasteiger partial charge in [0.15, 0.2) is 5.96 Å². The number of ether oxygens (including phenoxy) is 2. The fourth-order valence-corrected chi connectivity index (χ4v) is 1.65. The van der Waals surface area contributed by atoms with E-state index < -0.39 is 0 Å². The van der Waals surface area contributed by atoms with Crippen LogP contribution in [0, 0.1) is 0 Å². The molecule has 0 radical (unpaired) electrons. The summed E-state index contributed by atoms with van der Waals surface area (Å²) in [5.41, 5.74) is 1.24. The number of hydrogen-bond acceptors (Lipinski definition) is 3. The van der Waals surface area contributed by atoms with Gasteiger partial charge in [-0.15, -0.1) is 0 Å². The van der Waals surface area contributed by atoms with Crippen LogP contribution in [0.3, 0.4) is 0 Å². The lowest BCUT2D eigenvalue weighted by Gasteiger charge is -2.11. The van der Waals surface area contributed by atoms with Gasteiger partial charge in [-0.25, -0.2) is 0 Å². The first-order valence-corrected chi connectivity index (χ1v) is 6.36. The average molecular weight is 265 g/mol. The molecule has 0 unspecified atom stereocenters. The van der Waals surface area contributed by atoms with Crippen molar-refractivity contribution in [3.05, 3.63) is 29.8 Å². The molecule has 0 saturated carbocycles. The van der Waals surface area contributed by atoms with Crippen molar-refractivity contribution in [1.29, 1.82) is 0 Å². The molecule has 1 aromatic rings. The number of nitrogens with one attached hydrogen (secondary N) is 2. The van der Waals surface area contributed by atoms with Gasteiger partial charge >= 0.3 is 0 Å². The maximum Gasteiger partial charge on any atom is 0.191 e. The van der Waals surface area contributed by atoms with Gasteiger partial charge in [-0.05, 0) is 24.1 Å². The van der Waals surface area contributed by atoms with Gasteiger partial charge in [0.1, 0.15) is 5.75 Å². The highest BCUT2D eigenvalue weighted by molar-refractivity contribution is 5.79. The van der Waals surface area contributed by atoms with Gasteiger partial charge in [0, 0.05) is 27.2 Å². The first-order valence-electron chi connectivity index (χ1n) is 6.36. The summed E-state index contributed by atoms with van der Waals surface area (Å²) in [4.78, 5) is 4.14. The van der Waals surface area contributed by atoms with E-state index in [0.717, 1.165) is 31.2 Å². The molecule has 0 fully saturated rings. The molecule has 0 heterocycles. The zero-order valence-corrected chi connectivity index (χ0v) is 11.9. The third-order valence-corrected chi connectivity index (χ3v) is 2.66. The van der Waals surface area contributed by atoms with E-state index in [9.17, 15) is 0 Å². The molecule has 0 saturated heterocycles. The van der Waals surface area contributed by atoms with Crippen molar-refractivity contribution < 1.29 is 9.47 Å². The monoisotopic (exact) mass is 265 g/mol. The van der Waals surface area contributed by atoms with Crippen molar-refractivity contribution in [2.24, 2.45) is 4.99 Å². The van der Waals surface area contributed by atoms with Crippen LogP contribution in [0.5, 0.6) is 5.75 Å². The lowest BCUT2D eigenvalue weighted by molar-refractivity contribution is 0.203. The highest BCUT2D eigenvalue weighted by atomic mass is 16.5. The minimum Gasteiger partial charge on any atom is -0.497 e. The minimum absolute atomic E-state index is 0.663. The largest absolute Gasteiger partial charge is 0.497 e. The van der Waals surface area contributed by atoms with E-state index >= 15 is 0 Å². The summed E-state index contributed by atoms with van der Waals surface area (Å²) in [5, 5.41) is 6.43. The first kappa shape index (κ1) is 15.3. The van der Waals surface area contributed by atoms with E-state index in [0.29, 0.717) is 6.61 Å². The Morgan fingerprint density at radius 2 is 2.00 bits per heavy atom. The van der Waals surface area contributed by atoms with Crippen molar-refractivity contribution in [2.45, 2.75) is 6.42 Å². The minimum atomic E-state index is 0.663. The van der Waals surface area contributed by atoms with Crippen LogP contribution in [0.15, 0.2) is 29.3 Å². The van der Waals surface area contributed by atoms with Crippen molar-refractivity contribution >= 4 is 5.96 Å². The summed E-state index contributed by atoms with van der Waals surface area (Å²) < 4.78 is 10.2. The summed E-state index contributed by atoms with van der Waals surface area (Å²) in [5.74, 6) is 1.68. The molecule has 5 nitrogen and oxygen atoms in total. The van der Waals surface area contributed by atoms with Gasteiger partial charge in [0.25, 0.3) is 0 Å². The number of guanidine groups is 1. The van der Waals surface area contributed by atoms with Gasteiger partial charge in [0.05, 0.1) is 13.7 Å². The average Bonchev–Trinajstić information content (AvgIpc) is 2.46. The molecule has 0 aliphatic heterocycles. The second kappa shape index (κ2) is 9.22. The van der Waals surface area contributed by atoms with Gasteiger partial charge < -0.3 is 20.1 Å². The molecule has 0 bridgehead atoms. The number of rotatable bonds is 7. The topological polar surface area (TPSA) is 54.9 Å². The van der Waals surface area contributed by atoms with E-state index in [-0.39, 0.29) is 0 Å². The number of benzene rings is 1. The molecule has 0 atom stereocenters. The van der Waals surface area contributed by atoms with Crippen molar-refractivity contribution in [3.63, 3.8) is 0 Å². The molecular weight excluding hydrogens is 242 g/mol. The van der Waals surface area contributed by atoms with Crippen LogP contribution >= 0.6 is 0 Å². The van der Waals surface area contributed by atoms with E-state index in [4.69, 9.17) is 9.47 Å². The maximum absolute atomic E-state index is 5.20. The van der Waals surface area contributed by atoms with Crippen molar-refractivity contribution in [2.75, 3.05) is 41.0 Å². The van der Waals surface area contributed by atoms with Crippen LogP contribution in [0.1, 0.15) is 5.56 Å². The number of nitrogens with zero attached hydrogens (tertiary/aromatic N) is 1. The fourth-order valence-electron chi connectivity index (χ4n) is 1.65. The van der Waals surface area contributed by atoms with Gasteiger partial charge in [-0.1, -0.05) is 12.1 Å². The van der Waals surface area contributed by atoms with Crippen LogP contribution in [0.2, 0.25) is 0 Å². The van der Waals surface area contributed by atoms with Crippen molar-refractivity contribution in [1.82, 2.24) is 10.6 Å². The Labute approximate surface area is 115 Å². The van der Waals surface area contributed by atoms with Gasteiger partial charge in [-0.3, -0.25) is 4.99 Å². The Kier molecular flexibility index (Phi) is 7.43. The van der Waals surface area contributed by atoms with Crippen LogP contribution < -0.4 is 15.4 Å². The number of aliphatic imine (C=N–C) groups is 1. The van der Waals surface area contributed by atoms with Crippen LogP contribution in [0.25, 0.3) is 0 Å². The lowest BCUT2D eigenvalue weighted by Crippen LogP contribution is -2.39. The van der Waals surface area contributed by atoms with Crippen LogP contribution in [-0.4, -0.2) is 46.9 Å². The van der Waals surface area contributed by atoms with E-state index in [1.807, 2.05) is 18.2 Å². The Morgan fingerprint density at radius 1 is 1.21 bits per heavy atom. The number of methoxy groups -OCH3 is 2. The van der Waals surface area contributed by atoms with Gasteiger partial charge in [-0.2, -0.15) is 0 Å². The summed E-state index contributed by atoms with van der Waals surface area (Å²) in [6.07, 6.45) is 0.919. The normalized spacial score (nSPS) is 11.2. The Hall–Kier alpha value is -1.75. The Balaban J connectivity index is 2.31. The fraction of sp³-hybridized carbons (Fsp3) is 0.500. The molecular formula is C14H23N3O2. The third kappa shape index (κ3) is 6.10. The SMILES string of the molecule is CN=C(NCCOC)NCCc1cccc(OC)c1. The molecule has 106 valence electrons. The molecule has 19 heavy (non-hydrogen) atoms. The van der Waals surface area contributed by atoms with E-state index in [1.54, 1.807) is 21.3 Å². The third-order valence-electron chi connectivity index (χ3n) is 2.66. The highest BCUT2D eigenvalue weighted by Gasteiger charge is 1.98. The predicted octanol–water partition coefficient (Wildman–Crippen LogP) is 1.05. The zero-order chi connectivity index (χ0) is 13.9. The molecule has 0 spiro atoms. The van der Waals surface area contributed by atoms with Crippen LogP contribution in [-0.2, 0) is 11.2 Å². The predicted molar refractivity (Wildman–Crippen MR) is 77.9 cm³/mol. The summed E-state index contributed by atoms with van der Waals surface area (Å²) in [6, 6.07) is 8.08. The molecule has 2 N–H and O–H groups in total. The molecule has 0 aliphatic rings. The van der Waals surface area contributed by atoms with E-state index in [1.165, 1.54) is 5.56 Å². The second-order valence-electron chi connectivity index (χ2n) is 4.02. The zero-order valence-electron chi connectivity index (χ0n) is 11.9. The standard InChI is InChI=1S/C14H23N3O2/c1-15-14(17-9-10-18-2)16-8-7-12-5-4-6-13(11-12)19-3/h4-6,11H,7-10H2,1-3H3,(H2,15,16,17).